The van der Waals surface area contributed by atoms with Gasteiger partial charge in [-0.15, -0.1) is 0 Å². The van der Waals surface area contributed by atoms with E-state index in [0.29, 0.717) is 11.4 Å². The van der Waals surface area contributed by atoms with Gasteiger partial charge in [0, 0.05) is 5.41 Å². The number of nitrogens with zero attached hydrogens (tertiary/aromatic N) is 1. The Kier molecular flexibility index (Phi) is 3.18. The third kappa shape index (κ3) is 2.67. The number of aromatic amines is 1. The zero-order chi connectivity index (χ0) is 14.2. The zero-order valence-corrected chi connectivity index (χ0v) is 11.6. The minimum absolute atomic E-state index is 0.219. The quantitative estimate of drug-likeness (QED) is 0.826. The largest absolute Gasteiger partial charge is 0.493 e. The molecule has 0 aliphatic rings. The van der Waals surface area contributed by atoms with Crippen LogP contribution in [0.3, 0.4) is 0 Å². The summed E-state index contributed by atoms with van der Waals surface area (Å²) < 4.78 is 0. The maximum atomic E-state index is 12.2. The molecule has 2 N–H and O–H groups in total. The van der Waals surface area contributed by atoms with Crippen molar-refractivity contribution in [2.75, 3.05) is 0 Å². The van der Waals surface area contributed by atoms with Crippen molar-refractivity contribution in [1.82, 2.24) is 9.97 Å². The normalized spacial score (nSPS) is 11.6. The first kappa shape index (κ1) is 13.3. The molecule has 1 aromatic heterocycles. The van der Waals surface area contributed by atoms with Gasteiger partial charge in [-0.3, -0.25) is 4.79 Å². The Balaban J connectivity index is 2.64. The fourth-order valence-electron chi connectivity index (χ4n) is 1.88. The molecule has 0 atom stereocenters. The first-order valence-electron chi connectivity index (χ1n) is 6.20. The predicted octanol–water partition coefficient (Wildman–Crippen LogP) is 2.75. The summed E-state index contributed by atoms with van der Waals surface area (Å²) in [7, 11) is 0. The zero-order valence-electron chi connectivity index (χ0n) is 11.6. The Morgan fingerprint density at radius 3 is 2.47 bits per heavy atom. The van der Waals surface area contributed by atoms with Crippen LogP contribution in [0.15, 0.2) is 29.1 Å². The second-order valence-electron chi connectivity index (χ2n) is 5.73. The highest BCUT2D eigenvalue weighted by molar-refractivity contribution is 5.67. The number of H-pyrrole nitrogens is 1. The summed E-state index contributed by atoms with van der Waals surface area (Å²) in [4.78, 5) is 19.0. The van der Waals surface area contributed by atoms with Crippen LogP contribution in [0.1, 0.15) is 32.2 Å². The van der Waals surface area contributed by atoms with Crippen LogP contribution in [0.2, 0.25) is 0 Å². The Labute approximate surface area is 112 Å². The average Bonchev–Trinajstić information content (AvgIpc) is 2.26. The van der Waals surface area contributed by atoms with Crippen LogP contribution in [-0.4, -0.2) is 15.1 Å². The average molecular weight is 258 g/mol. The van der Waals surface area contributed by atoms with Crippen LogP contribution in [-0.2, 0) is 5.41 Å². The summed E-state index contributed by atoms with van der Waals surface area (Å²) in [5, 5.41) is 10.0. The summed E-state index contributed by atoms with van der Waals surface area (Å²) in [5.74, 6) is 0.255. The maximum absolute atomic E-state index is 12.2. The van der Waals surface area contributed by atoms with Gasteiger partial charge in [-0.1, -0.05) is 50.6 Å². The molecule has 0 saturated carbocycles. The van der Waals surface area contributed by atoms with Gasteiger partial charge >= 0.3 is 0 Å². The first-order chi connectivity index (χ1) is 8.79. The number of hydrogen-bond acceptors (Lipinski definition) is 3. The van der Waals surface area contributed by atoms with E-state index in [9.17, 15) is 9.90 Å². The number of aromatic nitrogens is 2. The first-order valence-corrected chi connectivity index (χ1v) is 6.20. The van der Waals surface area contributed by atoms with E-state index in [0.717, 1.165) is 5.56 Å². The maximum Gasteiger partial charge on any atom is 0.262 e. The third-order valence-corrected chi connectivity index (χ3v) is 2.92. The lowest BCUT2D eigenvalue weighted by molar-refractivity contribution is 0.437. The van der Waals surface area contributed by atoms with Gasteiger partial charge in [0.15, 0.2) is 0 Å². The minimum Gasteiger partial charge on any atom is -0.493 e. The van der Waals surface area contributed by atoms with Gasteiger partial charge in [0.05, 0.1) is 0 Å². The molecule has 0 amide bonds. The van der Waals surface area contributed by atoms with Gasteiger partial charge in [-0.05, 0) is 12.5 Å². The minimum atomic E-state index is -0.318. The molecule has 2 aromatic rings. The second-order valence-corrected chi connectivity index (χ2v) is 5.73. The summed E-state index contributed by atoms with van der Waals surface area (Å²) in [6.07, 6.45) is 0. The van der Waals surface area contributed by atoms with E-state index in [1.807, 2.05) is 45.9 Å². The Hall–Kier alpha value is -2.10. The summed E-state index contributed by atoms with van der Waals surface area (Å²) in [6.45, 7) is 7.72. The lowest BCUT2D eigenvalue weighted by atomic mass is 9.95. The number of aromatic hydroxyl groups is 1. The molecule has 0 bridgehead atoms. The fraction of sp³-hybridized carbons (Fsp3) is 0.333. The van der Waals surface area contributed by atoms with Gasteiger partial charge in [-0.2, -0.15) is 4.98 Å². The van der Waals surface area contributed by atoms with Crippen molar-refractivity contribution in [3.63, 3.8) is 0 Å². The van der Waals surface area contributed by atoms with Crippen molar-refractivity contribution in [3.8, 4) is 17.0 Å². The van der Waals surface area contributed by atoms with Gasteiger partial charge < -0.3 is 10.1 Å². The van der Waals surface area contributed by atoms with Crippen LogP contribution >= 0.6 is 0 Å². The molecular weight excluding hydrogens is 240 g/mol. The van der Waals surface area contributed by atoms with Crippen molar-refractivity contribution in [2.24, 2.45) is 0 Å². The Morgan fingerprint density at radius 1 is 1.26 bits per heavy atom. The van der Waals surface area contributed by atoms with Crippen LogP contribution in [0.4, 0.5) is 0 Å². The Bertz CT molecular complexity index is 667. The van der Waals surface area contributed by atoms with Gasteiger partial charge in [-0.25, -0.2) is 0 Å². The smallest absolute Gasteiger partial charge is 0.262 e. The number of nitrogens with one attached hydrogen (secondary N) is 1. The van der Waals surface area contributed by atoms with Crippen LogP contribution in [0, 0.1) is 6.92 Å². The molecule has 4 heteroatoms. The highest BCUT2D eigenvalue weighted by Gasteiger charge is 2.21. The molecule has 2 rings (SSSR count). The molecule has 0 saturated heterocycles. The summed E-state index contributed by atoms with van der Waals surface area (Å²) in [6, 6.07) is 7.42. The van der Waals surface area contributed by atoms with E-state index in [2.05, 4.69) is 9.97 Å². The molecule has 0 spiro atoms. The molecule has 0 aliphatic carbocycles. The number of rotatable bonds is 1. The summed E-state index contributed by atoms with van der Waals surface area (Å²) in [5.41, 5.74) is 1.28. The molecule has 1 heterocycles. The molecule has 0 unspecified atom stereocenters. The van der Waals surface area contributed by atoms with Crippen LogP contribution in [0.5, 0.6) is 5.88 Å². The van der Waals surface area contributed by atoms with E-state index in [-0.39, 0.29) is 22.4 Å². The van der Waals surface area contributed by atoms with Crippen LogP contribution in [0.25, 0.3) is 11.1 Å². The SMILES string of the molecule is Cc1cccc(-c2c(O)nc(C(C)(C)C)[nH]c2=O)c1. The molecule has 19 heavy (non-hydrogen) atoms. The topological polar surface area (TPSA) is 66.0 Å². The highest BCUT2D eigenvalue weighted by Crippen LogP contribution is 2.26. The molecule has 0 radical (unpaired) electrons. The fourth-order valence-corrected chi connectivity index (χ4v) is 1.88. The molecule has 100 valence electrons. The molecule has 0 fully saturated rings. The van der Waals surface area contributed by atoms with Gasteiger partial charge in [0.1, 0.15) is 11.4 Å². The predicted molar refractivity (Wildman–Crippen MR) is 75.4 cm³/mol. The van der Waals surface area contributed by atoms with Gasteiger partial charge in [0.25, 0.3) is 5.56 Å². The van der Waals surface area contributed by atoms with Crippen molar-refractivity contribution in [1.29, 1.82) is 0 Å². The van der Waals surface area contributed by atoms with E-state index in [4.69, 9.17) is 0 Å². The van der Waals surface area contributed by atoms with Crippen molar-refractivity contribution in [3.05, 3.63) is 46.0 Å². The monoisotopic (exact) mass is 258 g/mol. The van der Waals surface area contributed by atoms with Crippen molar-refractivity contribution < 1.29 is 5.11 Å². The number of aryl methyl sites for hydroxylation is 1. The van der Waals surface area contributed by atoms with Crippen molar-refractivity contribution in [2.45, 2.75) is 33.1 Å². The lowest BCUT2D eigenvalue weighted by Crippen LogP contribution is -2.22. The van der Waals surface area contributed by atoms with E-state index >= 15 is 0 Å². The molecule has 4 nitrogen and oxygen atoms in total. The molecule has 1 aromatic carbocycles. The van der Waals surface area contributed by atoms with Crippen LogP contribution < -0.4 is 5.56 Å². The second kappa shape index (κ2) is 4.53. The number of benzene rings is 1. The number of hydrogen-bond donors (Lipinski definition) is 2. The van der Waals surface area contributed by atoms with Crippen molar-refractivity contribution >= 4 is 0 Å². The lowest BCUT2D eigenvalue weighted by Gasteiger charge is -2.17. The Morgan fingerprint density at radius 2 is 1.95 bits per heavy atom. The van der Waals surface area contributed by atoms with Gasteiger partial charge in [0.2, 0.25) is 5.88 Å². The van der Waals surface area contributed by atoms with E-state index < -0.39 is 0 Å². The standard InChI is InChI=1S/C15H18N2O2/c1-9-6-5-7-10(8-9)11-12(18)16-14(15(2,3)4)17-13(11)19/h5-8H,1-4H3,(H2,16,17,18,19). The van der Waals surface area contributed by atoms with E-state index in [1.54, 1.807) is 6.07 Å². The van der Waals surface area contributed by atoms with E-state index in [1.165, 1.54) is 0 Å². The third-order valence-electron chi connectivity index (χ3n) is 2.92. The highest BCUT2D eigenvalue weighted by atomic mass is 16.3. The molecule has 0 aliphatic heterocycles. The summed E-state index contributed by atoms with van der Waals surface area (Å²) >= 11 is 0. The molecular formula is C15H18N2O2.